The molecule has 0 bridgehead atoms. The van der Waals surface area contributed by atoms with Crippen molar-refractivity contribution in [2.75, 3.05) is 13.7 Å². The topological polar surface area (TPSA) is 42.4 Å². The summed E-state index contributed by atoms with van der Waals surface area (Å²) in [4.78, 5) is 18.3. The van der Waals surface area contributed by atoms with Crippen LogP contribution in [0.15, 0.2) is 5.38 Å². The number of carbonyl (C=O) groups is 1. The number of piperidine rings is 1. The van der Waals surface area contributed by atoms with Crippen LogP contribution < -0.4 is 0 Å². The summed E-state index contributed by atoms with van der Waals surface area (Å²) in [6, 6.07) is 0.313. The monoisotopic (exact) mass is 268 g/mol. The Morgan fingerprint density at radius 1 is 1.61 bits per heavy atom. The van der Waals surface area contributed by atoms with E-state index in [9.17, 15) is 4.79 Å². The van der Waals surface area contributed by atoms with Crippen molar-refractivity contribution in [1.29, 1.82) is 0 Å². The Morgan fingerprint density at radius 2 is 2.44 bits per heavy atom. The smallest absolute Gasteiger partial charge is 0.307 e. The molecule has 4 nitrogen and oxygen atoms in total. The fourth-order valence-electron chi connectivity index (χ4n) is 2.46. The second-order valence-electron chi connectivity index (χ2n) is 4.76. The van der Waals surface area contributed by atoms with Crippen LogP contribution in [0.2, 0.25) is 0 Å². The van der Waals surface area contributed by atoms with Crippen molar-refractivity contribution < 1.29 is 9.53 Å². The number of esters is 1. The summed E-state index contributed by atoms with van der Waals surface area (Å²) in [5.74, 6) is -0.110. The van der Waals surface area contributed by atoms with E-state index in [0.717, 1.165) is 30.2 Å². The Bertz CT molecular complexity index is 405. The number of likely N-dealkylation sites (tertiary alicyclic amines) is 1. The number of ether oxygens (including phenoxy) is 1. The number of methoxy groups -OCH3 is 1. The van der Waals surface area contributed by atoms with Crippen molar-refractivity contribution in [3.8, 4) is 0 Å². The Kier molecular flexibility index (Phi) is 4.72. The predicted octanol–water partition coefficient (Wildman–Crippen LogP) is 2.37. The second-order valence-corrected chi connectivity index (χ2v) is 5.82. The molecule has 2 heterocycles. The van der Waals surface area contributed by atoms with Gasteiger partial charge in [0.15, 0.2) is 0 Å². The maximum absolute atomic E-state index is 11.4. The van der Waals surface area contributed by atoms with E-state index in [2.05, 4.69) is 15.3 Å². The Labute approximate surface area is 112 Å². The number of aromatic nitrogens is 1. The van der Waals surface area contributed by atoms with Gasteiger partial charge in [0.25, 0.3) is 0 Å². The van der Waals surface area contributed by atoms with Crippen molar-refractivity contribution in [2.45, 2.75) is 45.2 Å². The molecular formula is C13H20N2O2S. The Balaban J connectivity index is 1.96. The van der Waals surface area contributed by atoms with Gasteiger partial charge in [0, 0.05) is 18.0 Å². The molecule has 0 aromatic carbocycles. The molecule has 1 aromatic rings. The van der Waals surface area contributed by atoms with E-state index < -0.39 is 0 Å². The molecule has 0 aliphatic carbocycles. The number of rotatable bonds is 4. The molecule has 1 aliphatic heterocycles. The second kappa shape index (κ2) is 6.29. The molecule has 0 N–H and O–H groups in total. The lowest BCUT2D eigenvalue weighted by molar-refractivity contribution is -0.142. The average molecular weight is 268 g/mol. The molecule has 100 valence electrons. The average Bonchev–Trinajstić information content (AvgIpc) is 2.77. The van der Waals surface area contributed by atoms with Crippen LogP contribution in [0.3, 0.4) is 0 Å². The van der Waals surface area contributed by atoms with Crippen molar-refractivity contribution in [2.24, 2.45) is 0 Å². The van der Waals surface area contributed by atoms with Crippen LogP contribution in [-0.2, 0) is 16.1 Å². The normalized spacial score (nSPS) is 20.9. The largest absolute Gasteiger partial charge is 0.469 e. The quantitative estimate of drug-likeness (QED) is 0.786. The summed E-state index contributed by atoms with van der Waals surface area (Å²) in [5.41, 5.74) is 1.12. The highest BCUT2D eigenvalue weighted by molar-refractivity contribution is 7.09. The molecule has 1 atom stereocenters. The van der Waals surface area contributed by atoms with Gasteiger partial charge in [0.1, 0.15) is 0 Å². The lowest BCUT2D eigenvalue weighted by atomic mass is 9.99. The SMILES string of the molecule is COC(=O)CC1CCCCN1Cc1csc(C)n1. The van der Waals surface area contributed by atoms with Crippen LogP contribution in [0, 0.1) is 6.92 Å². The fourth-order valence-corrected chi connectivity index (χ4v) is 3.07. The first kappa shape index (κ1) is 13.5. The molecule has 1 saturated heterocycles. The van der Waals surface area contributed by atoms with Gasteiger partial charge in [-0.15, -0.1) is 11.3 Å². The van der Waals surface area contributed by atoms with Gasteiger partial charge in [-0.1, -0.05) is 6.42 Å². The molecule has 1 aromatic heterocycles. The standard InChI is InChI=1S/C13H20N2O2S/c1-10-14-11(9-18-10)8-15-6-4-3-5-12(15)7-13(16)17-2/h9,12H,3-8H2,1-2H3. The van der Waals surface area contributed by atoms with Crippen LogP contribution in [0.5, 0.6) is 0 Å². The third kappa shape index (κ3) is 3.53. The maximum Gasteiger partial charge on any atom is 0.307 e. The van der Waals surface area contributed by atoms with Gasteiger partial charge in [-0.05, 0) is 26.3 Å². The zero-order valence-electron chi connectivity index (χ0n) is 11.0. The van der Waals surface area contributed by atoms with Gasteiger partial charge in [-0.3, -0.25) is 9.69 Å². The van der Waals surface area contributed by atoms with E-state index in [1.165, 1.54) is 20.0 Å². The molecule has 5 heteroatoms. The zero-order valence-corrected chi connectivity index (χ0v) is 11.8. The summed E-state index contributed by atoms with van der Waals surface area (Å²) >= 11 is 1.68. The van der Waals surface area contributed by atoms with E-state index >= 15 is 0 Å². The van der Waals surface area contributed by atoms with Crippen LogP contribution in [0.4, 0.5) is 0 Å². The third-order valence-corrected chi connectivity index (χ3v) is 4.23. The number of thiazole rings is 1. The van der Waals surface area contributed by atoms with Gasteiger partial charge in [-0.25, -0.2) is 4.98 Å². The first-order chi connectivity index (χ1) is 8.69. The molecule has 0 spiro atoms. The van der Waals surface area contributed by atoms with Crippen molar-refractivity contribution >= 4 is 17.3 Å². The van der Waals surface area contributed by atoms with E-state index in [4.69, 9.17) is 4.74 Å². The highest BCUT2D eigenvalue weighted by atomic mass is 32.1. The number of aryl methyl sites for hydroxylation is 1. The lowest BCUT2D eigenvalue weighted by Gasteiger charge is -2.34. The highest BCUT2D eigenvalue weighted by Gasteiger charge is 2.25. The third-order valence-electron chi connectivity index (χ3n) is 3.41. The van der Waals surface area contributed by atoms with Gasteiger partial charge in [0.2, 0.25) is 0 Å². The summed E-state index contributed by atoms with van der Waals surface area (Å²) in [7, 11) is 1.46. The van der Waals surface area contributed by atoms with Crippen LogP contribution in [-0.4, -0.2) is 35.5 Å². The molecule has 18 heavy (non-hydrogen) atoms. The minimum Gasteiger partial charge on any atom is -0.469 e. The van der Waals surface area contributed by atoms with Gasteiger partial charge >= 0.3 is 5.97 Å². The van der Waals surface area contributed by atoms with E-state index in [1.54, 1.807) is 11.3 Å². The number of nitrogens with zero attached hydrogens (tertiary/aromatic N) is 2. The van der Waals surface area contributed by atoms with Crippen molar-refractivity contribution in [3.05, 3.63) is 16.1 Å². The van der Waals surface area contributed by atoms with Gasteiger partial charge in [0.05, 0.1) is 24.2 Å². The maximum atomic E-state index is 11.4. The number of carbonyl (C=O) groups excluding carboxylic acids is 1. The Hall–Kier alpha value is -0.940. The molecule has 0 saturated carbocycles. The summed E-state index contributed by atoms with van der Waals surface area (Å²) in [5, 5.41) is 3.21. The van der Waals surface area contributed by atoms with Crippen LogP contribution in [0.1, 0.15) is 36.4 Å². The first-order valence-electron chi connectivity index (χ1n) is 6.41. The van der Waals surface area contributed by atoms with Gasteiger partial charge in [-0.2, -0.15) is 0 Å². The van der Waals surface area contributed by atoms with Crippen LogP contribution in [0.25, 0.3) is 0 Å². The van der Waals surface area contributed by atoms with Gasteiger partial charge < -0.3 is 4.74 Å². The van der Waals surface area contributed by atoms with E-state index in [-0.39, 0.29) is 5.97 Å². The summed E-state index contributed by atoms with van der Waals surface area (Å²) in [6.07, 6.45) is 3.99. The molecule has 0 amide bonds. The van der Waals surface area contributed by atoms with Crippen LogP contribution >= 0.6 is 11.3 Å². The molecule has 1 unspecified atom stereocenters. The molecule has 2 rings (SSSR count). The van der Waals surface area contributed by atoms with Crippen molar-refractivity contribution in [3.63, 3.8) is 0 Å². The lowest BCUT2D eigenvalue weighted by Crippen LogP contribution is -2.40. The van der Waals surface area contributed by atoms with Crippen molar-refractivity contribution in [1.82, 2.24) is 9.88 Å². The molecule has 0 radical (unpaired) electrons. The minimum absolute atomic E-state index is 0.110. The molecule has 1 aliphatic rings. The summed E-state index contributed by atoms with van der Waals surface area (Å²) < 4.78 is 4.78. The highest BCUT2D eigenvalue weighted by Crippen LogP contribution is 2.22. The minimum atomic E-state index is -0.110. The first-order valence-corrected chi connectivity index (χ1v) is 7.29. The predicted molar refractivity (Wildman–Crippen MR) is 71.5 cm³/mol. The molecule has 1 fully saturated rings. The zero-order chi connectivity index (χ0) is 13.0. The number of hydrogen-bond acceptors (Lipinski definition) is 5. The molecular weight excluding hydrogens is 248 g/mol. The fraction of sp³-hybridized carbons (Fsp3) is 0.692. The number of hydrogen-bond donors (Lipinski definition) is 0. The summed E-state index contributed by atoms with van der Waals surface area (Å²) in [6.45, 7) is 3.93. The Morgan fingerprint density at radius 3 is 3.11 bits per heavy atom. The van der Waals surface area contributed by atoms with E-state index in [0.29, 0.717) is 12.5 Å². The van der Waals surface area contributed by atoms with E-state index in [1.807, 2.05) is 6.92 Å².